The average molecular weight is 479 g/mol. The maximum Gasteiger partial charge on any atom is 0.227 e. The van der Waals surface area contributed by atoms with Gasteiger partial charge in [0.2, 0.25) is 3.79 Å². The van der Waals surface area contributed by atoms with Crippen molar-refractivity contribution >= 4 is 116 Å². The molecule has 114 valence electrons. The first kappa shape index (κ1) is 20.2. The summed E-state index contributed by atoms with van der Waals surface area (Å²) in [5.74, 6) is 0. The fourth-order valence-corrected chi connectivity index (χ4v) is 3.69. The van der Waals surface area contributed by atoms with E-state index in [-0.39, 0.29) is 31.2 Å². The van der Waals surface area contributed by atoms with E-state index in [0.717, 1.165) is 0 Å². The van der Waals surface area contributed by atoms with Gasteiger partial charge in [0.15, 0.2) is 4.33 Å². The lowest BCUT2D eigenvalue weighted by Crippen LogP contribution is -2.30. The molecular formula is C10H4Cl10. The predicted molar refractivity (Wildman–Crippen MR) is 94.4 cm³/mol. The second kappa shape index (κ2) is 6.93. The fourth-order valence-electron chi connectivity index (χ4n) is 1.47. The summed E-state index contributed by atoms with van der Waals surface area (Å²) in [4.78, 5) is 0. The summed E-state index contributed by atoms with van der Waals surface area (Å²) < 4.78 is -4.15. The molecule has 0 nitrogen and oxygen atoms in total. The van der Waals surface area contributed by atoms with Crippen molar-refractivity contribution in [3.8, 4) is 0 Å². The molecule has 0 saturated carbocycles. The Kier molecular flexibility index (Phi) is 6.99. The van der Waals surface area contributed by atoms with Gasteiger partial charge in [0, 0.05) is 5.56 Å². The Morgan fingerprint density at radius 1 is 0.750 bits per heavy atom. The smallest absolute Gasteiger partial charge is 0.118 e. The number of hydrogen-bond acceptors (Lipinski definition) is 0. The Morgan fingerprint density at radius 2 is 1.15 bits per heavy atom. The van der Waals surface area contributed by atoms with Crippen LogP contribution in [0.25, 0.3) is 0 Å². The van der Waals surface area contributed by atoms with Gasteiger partial charge in [0.05, 0.1) is 25.5 Å². The molecule has 0 amide bonds. The molecule has 0 heterocycles. The minimum absolute atomic E-state index is 0.00407. The van der Waals surface area contributed by atoms with Crippen LogP contribution >= 0.6 is 116 Å². The molecule has 0 N–H and O–H groups in total. The summed E-state index contributed by atoms with van der Waals surface area (Å²) >= 11 is 60.0. The molecular weight excluding hydrogens is 475 g/mol. The van der Waals surface area contributed by atoms with Crippen molar-refractivity contribution in [3.63, 3.8) is 0 Å². The molecule has 0 fully saturated rings. The van der Waals surface area contributed by atoms with Crippen molar-refractivity contribution in [1.82, 2.24) is 0 Å². The Balaban J connectivity index is 3.88. The third-order valence-electron chi connectivity index (χ3n) is 2.37. The van der Waals surface area contributed by atoms with Crippen molar-refractivity contribution in [1.29, 1.82) is 0 Å². The summed E-state index contributed by atoms with van der Waals surface area (Å²) in [5.41, 5.74) is 0.244. The van der Waals surface area contributed by atoms with Gasteiger partial charge in [0.1, 0.15) is 0 Å². The van der Waals surface area contributed by atoms with Gasteiger partial charge >= 0.3 is 0 Å². The highest BCUT2D eigenvalue weighted by atomic mass is 35.6. The van der Waals surface area contributed by atoms with Crippen molar-refractivity contribution < 1.29 is 0 Å². The lowest BCUT2D eigenvalue weighted by molar-refractivity contribution is 0.850. The first-order valence-corrected chi connectivity index (χ1v) is 8.62. The predicted octanol–water partition coefficient (Wildman–Crippen LogP) is 8.60. The molecule has 0 aliphatic heterocycles. The lowest BCUT2D eigenvalue weighted by atomic mass is 10.0. The minimum Gasteiger partial charge on any atom is -0.118 e. The van der Waals surface area contributed by atoms with Gasteiger partial charge in [-0.2, -0.15) is 0 Å². The van der Waals surface area contributed by atoms with Crippen LogP contribution in [0, 0.1) is 0 Å². The van der Waals surface area contributed by atoms with Crippen molar-refractivity contribution in [2.45, 2.75) is 20.4 Å². The highest BCUT2D eigenvalue weighted by molar-refractivity contribution is 6.75. The van der Waals surface area contributed by atoms with E-state index in [1.54, 1.807) is 6.92 Å². The SMILES string of the molecule is CC(Cl)c1c(Cl)c(Cl)c(Cl)c(Cl)c1C(Cl)(Cl)C(Cl)(Cl)Cl. The molecule has 0 aliphatic carbocycles. The van der Waals surface area contributed by atoms with Gasteiger partial charge < -0.3 is 0 Å². The first-order valence-electron chi connectivity index (χ1n) is 4.79. The van der Waals surface area contributed by atoms with Crippen molar-refractivity contribution in [3.05, 3.63) is 31.2 Å². The Labute approximate surface area is 166 Å². The van der Waals surface area contributed by atoms with Gasteiger partial charge in [-0.3, -0.25) is 0 Å². The standard InChI is InChI=1S/C10H4Cl10/c1-2(11)3-4(9(16,17)10(18,19)20)6(13)8(15)7(14)5(3)12/h2H,1H3. The van der Waals surface area contributed by atoms with E-state index in [2.05, 4.69) is 0 Å². The van der Waals surface area contributed by atoms with Gasteiger partial charge in [-0.25, -0.2) is 0 Å². The molecule has 1 aromatic rings. The van der Waals surface area contributed by atoms with E-state index in [9.17, 15) is 0 Å². The molecule has 10 heteroatoms. The summed E-state index contributed by atoms with van der Waals surface area (Å²) in [6.07, 6.45) is 0. The van der Waals surface area contributed by atoms with Crippen LogP contribution < -0.4 is 0 Å². The van der Waals surface area contributed by atoms with Crippen LogP contribution in [0.3, 0.4) is 0 Å². The van der Waals surface area contributed by atoms with Crippen LogP contribution in [-0.2, 0) is 4.33 Å². The average Bonchev–Trinajstić information content (AvgIpc) is 2.28. The zero-order valence-electron chi connectivity index (χ0n) is 9.36. The van der Waals surface area contributed by atoms with Gasteiger partial charge in [-0.1, -0.05) is 104 Å². The van der Waals surface area contributed by atoms with Crippen molar-refractivity contribution in [2.24, 2.45) is 0 Å². The van der Waals surface area contributed by atoms with Crippen LogP contribution in [0.5, 0.6) is 0 Å². The summed E-state index contributed by atoms with van der Waals surface area (Å²) in [6, 6.07) is 0. The Hall–Kier alpha value is 2.12. The molecule has 0 aliphatic rings. The van der Waals surface area contributed by atoms with Crippen LogP contribution in [0.4, 0.5) is 0 Å². The monoisotopic (exact) mass is 474 g/mol. The molecule has 1 aromatic carbocycles. The number of hydrogen-bond donors (Lipinski definition) is 0. The zero-order chi connectivity index (χ0) is 16.0. The van der Waals surface area contributed by atoms with E-state index >= 15 is 0 Å². The number of rotatable bonds is 2. The maximum absolute atomic E-state index is 6.15. The van der Waals surface area contributed by atoms with Crippen LogP contribution in [-0.4, -0.2) is 3.79 Å². The van der Waals surface area contributed by atoms with E-state index < -0.39 is 13.5 Å². The quantitative estimate of drug-likeness (QED) is 0.227. The first-order chi connectivity index (χ1) is 8.84. The van der Waals surface area contributed by atoms with Gasteiger partial charge in [-0.15, -0.1) is 11.6 Å². The second-order valence-electron chi connectivity index (χ2n) is 3.73. The summed E-state index contributed by atoms with van der Waals surface area (Å²) in [6.45, 7) is 1.61. The molecule has 0 aromatic heterocycles. The number of benzene rings is 1. The van der Waals surface area contributed by atoms with Crippen LogP contribution in [0.1, 0.15) is 23.4 Å². The molecule has 20 heavy (non-hydrogen) atoms. The lowest BCUT2D eigenvalue weighted by Gasteiger charge is -2.32. The highest BCUT2D eigenvalue weighted by Crippen LogP contribution is 2.59. The molecule has 1 unspecified atom stereocenters. The van der Waals surface area contributed by atoms with E-state index in [1.807, 2.05) is 0 Å². The molecule has 1 atom stereocenters. The van der Waals surface area contributed by atoms with Gasteiger partial charge in [-0.05, 0) is 12.5 Å². The Morgan fingerprint density at radius 3 is 1.50 bits per heavy atom. The number of halogens is 10. The van der Waals surface area contributed by atoms with Crippen LogP contribution in [0.2, 0.25) is 20.1 Å². The molecule has 0 radical (unpaired) electrons. The van der Waals surface area contributed by atoms with E-state index in [0.29, 0.717) is 0 Å². The zero-order valence-corrected chi connectivity index (χ0v) is 16.9. The van der Waals surface area contributed by atoms with Crippen LogP contribution in [0.15, 0.2) is 0 Å². The molecule has 0 spiro atoms. The fraction of sp³-hybridized carbons (Fsp3) is 0.400. The van der Waals surface area contributed by atoms with E-state index in [4.69, 9.17) is 116 Å². The third kappa shape index (κ3) is 3.61. The van der Waals surface area contributed by atoms with Gasteiger partial charge in [0.25, 0.3) is 0 Å². The maximum atomic E-state index is 6.15. The summed E-state index contributed by atoms with van der Waals surface area (Å²) in [7, 11) is 0. The second-order valence-corrected chi connectivity index (χ2v) is 9.51. The topological polar surface area (TPSA) is 0 Å². The highest BCUT2D eigenvalue weighted by Gasteiger charge is 2.51. The molecule has 0 saturated heterocycles. The largest absolute Gasteiger partial charge is 0.227 e. The summed E-state index contributed by atoms with van der Waals surface area (Å²) in [5, 5.41) is -0.750. The molecule has 1 rings (SSSR count). The molecule has 0 bridgehead atoms. The normalized spacial score (nSPS) is 14.6. The minimum atomic E-state index is -2.11. The third-order valence-corrected chi connectivity index (χ3v) is 6.78. The van der Waals surface area contributed by atoms with Crippen molar-refractivity contribution in [2.75, 3.05) is 0 Å². The van der Waals surface area contributed by atoms with E-state index in [1.165, 1.54) is 0 Å². The number of alkyl halides is 6. The Bertz CT molecular complexity index is 528.